The molecular weight excluding hydrogens is 118 g/mol. The van der Waals surface area contributed by atoms with E-state index in [1.165, 1.54) is 0 Å². The molecule has 1 atom stereocenters. The SMILES string of the molecule is CCC(C)O[Si]CN. The zero-order chi connectivity index (χ0) is 6.41. The maximum Gasteiger partial charge on any atom is 0.245 e. The summed E-state index contributed by atoms with van der Waals surface area (Å²) in [6.45, 7) is 4.16. The first-order valence-corrected chi connectivity index (χ1v) is 4.01. The van der Waals surface area contributed by atoms with Crippen molar-refractivity contribution in [2.45, 2.75) is 26.4 Å². The van der Waals surface area contributed by atoms with Crippen molar-refractivity contribution in [2.24, 2.45) is 5.73 Å². The van der Waals surface area contributed by atoms with Crippen molar-refractivity contribution in [1.29, 1.82) is 0 Å². The fourth-order valence-electron chi connectivity index (χ4n) is 0.274. The van der Waals surface area contributed by atoms with Gasteiger partial charge in [-0.05, 0) is 13.3 Å². The molecule has 0 saturated carbocycles. The molecule has 2 nitrogen and oxygen atoms in total. The quantitative estimate of drug-likeness (QED) is 0.558. The first-order valence-electron chi connectivity index (χ1n) is 2.89. The van der Waals surface area contributed by atoms with E-state index in [0.717, 1.165) is 6.42 Å². The Hall–Kier alpha value is 0.137. The third kappa shape index (κ3) is 4.30. The molecule has 0 aliphatic rings. The molecule has 0 saturated heterocycles. The van der Waals surface area contributed by atoms with Gasteiger partial charge in [0.15, 0.2) is 0 Å². The number of hydrogen-bond acceptors (Lipinski definition) is 2. The smallest absolute Gasteiger partial charge is 0.245 e. The predicted molar refractivity (Wildman–Crippen MR) is 35.6 cm³/mol. The predicted octanol–water partition coefficient (Wildman–Crippen LogP) is 0.337. The molecule has 0 rings (SSSR count). The second-order valence-electron chi connectivity index (χ2n) is 1.69. The van der Waals surface area contributed by atoms with Gasteiger partial charge < -0.3 is 10.2 Å². The van der Waals surface area contributed by atoms with Gasteiger partial charge in [-0.25, -0.2) is 0 Å². The van der Waals surface area contributed by atoms with E-state index < -0.39 is 0 Å². The zero-order valence-corrected chi connectivity index (χ0v) is 6.48. The van der Waals surface area contributed by atoms with Gasteiger partial charge in [0.05, 0.1) is 0 Å². The lowest BCUT2D eigenvalue weighted by Gasteiger charge is -2.06. The summed E-state index contributed by atoms with van der Waals surface area (Å²) in [5.41, 5.74) is 5.22. The molecule has 0 amide bonds. The number of rotatable bonds is 4. The van der Waals surface area contributed by atoms with Crippen LogP contribution in [-0.4, -0.2) is 22.0 Å². The van der Waals surface area contributed by atoms with Crippen molar-refractivity contribution in [3.63, 3.8) is 0 Å². The average Bonchev–Trinajstić information content (AvgIpc) is 1.83. The second-order valence-corrected chi connectivity index (χ2v) is 2.62. The van der Waals surface area contributed by atoms with Crippen LogP contribution in [0.2, 0.25) is 0 Å². The standard InChI is InChI=1S/C5H13NOSi/c1-3-5(2)7-8-4-6/h5H,3-4,6H2,1-2H3. The van der Waals surface area contributed by atoms with Crippen molar-refractivity contribution in [3.8, 4) is 0 Å². The Morgan fingerprint density at radius 3 is 2.75 bits per heavy atom. The monoisotopic (exact) mass is 131 g/mol. The van der Waals surface area contributed by atoms with Gasteiger partial charge in [0.25, 0.3) is 0 Å². The lowest BCUT2D eigenvalue weighted by molar-refractivity contribution is 0.229. The molecule has 0 heterocycles. The Balaban J connectivity index is 2.86. The van der Waals surface area contributed by atoms with Crippen molar-refractivity contribution in [1.82, 2.24) is 0 Å². The van der Waals surface area contributed by atoms with Gasteiger partial charge in [-0.1, -0.05) is 6.92 Å². The molecule has 0 spiro atoms. The Kier molecular flexibility index (Phi) is 5.37. The summed E-state index contributed by atoms with van der Waals surface area (Å²) in [6, 6.07) is 0. The number of nitrogens with two attached hydrogens (primary N) is 1. The van der Waals surface area contributed by atoms with Crippen LogP contribution in [0.4, 0.5) is 0 Å². The molecule has 0 fully saturated rings. The normalized spacial score (nSPS) is 13.9. The molecule has 2 N–H and O–H groups in total. The highest BCUT2D eigenvalue weighted by Crippen LogP contribution is 1.91. The molecule has 1 unspecified atom stereocenters. The Morgan fingerprint density at radius 2 is 2.38 bits per heavy atom. The molecule has 0 aliphatic carbocycles. The summed E-state index contributed by atoms with van der Waals surface area (Å²) in [4.78, 5) is 0. The minimum atomic E-state index is 0.386. The highest BCUT2D eigenvalue weighted by atomic mass is 28.2. The lowest BCUT2D eigenvalue weighted by Crippen LogP contribution is -2.18. The molecule has 48 valence electrons. The van der Waals surface area contributed by atoms with Gasteiger partial charge in [0.2, 0.25) is 9.76 Å². The Bertz CT molecular complexity index is 51.7. The van der Waals surface area contributed by atoms with Crippen LogP contribution in [0.1, 0.15) is 20.3 Å². The molecule has 2 radical (unpaired) electrons. The van der Waals surface area contributed by atoms with E-state index in [1.54, 1.807) is 0 Å². The summed E-state index contributed by atoms with van der Waals surface area (Å²) in [5, 5.41) is 0. The van der Waals surface area contributed by atoms with Gasteiger partial charge in [-0.15, -0.1) is 0 Å². The fraction of sp³-hybridized carbons (Fsp3) is 1.00. The average molecular weight is 131 g/mol. The molecule has 3 heteroatoms. The zero-order valence-electron chi connectivity index (χ0n) is 5.48. The van der Waals surface area contributed by atoms with Crippen LogP contribution < -0.4 is 5.73 Å². The van der Waals surface area contributed by atoms with Gasteiger partial charge in [-0.2, -0.15) is 0 Å². The topological polar surface area (TPSA) is 35.2 Å². The largest absolute Gasteiger partial charge is 0.414 e. The summed E-state index contributed by atoms with van der Waals surface area (Å²) in [5.74, 6) is 0. The third-order valence-corrected chi connectivity index (χ3v) is 1.68. The van der Waals surface area contributed by atoms with Crippen LogP contribution in [0.15, 0.2) is 0 Å². The van der Waals surface area contributed by atoms with Crippen molar-refractivity contribution in [3.05, 3.63) is 0 Å². The third-order valence-electron chi connectivity index (χ3n) is 0.943. The molecule has 0 aliphatic heterocycles. The van der Waals surface area contributed by atoms with Crippen LogP contribution in [0.3, 0.4) is 0 Å². The van der Waals surface area contributed by atoms with E-state index in [2.05, 4.69) is 13.8 Å². The van der Waals surface area contributed by atoms with E-state index in [1.807, 2.05) is 0 Å². The van der Waals surface area contributed by atoms with Crippen LogP contribution in [0.5, 0.6) is 0 Å². The maximum absolute atomic E-state index is 5.24. The van der Waals surface area contributed by atoms with Gasteiger partial charge in [0, 0.05) is 12.3 Å². The van der Waals surface area contributed by atoms with Crippen LogP contribution in [0, 0.1) is 0 Å². The van der Waals surface area contributed by atoms with Gasteiger partial charge >= 0.3 is 0 Å². The molecular formula is C5H13NOSi. The minimum absolute atomic E-state index is 0.386. The highest BCUT2D eigenvalue weighted by molar-refractivity contribution is 6.27. The van der Waals surface area contributed by atoms with E-state index in [9.17, 15) is 0 Å². The summed E-state index contributed by atoms with van der Waals surface area (Å²) >= 11 is 0. The molecule has 0 aromatic carbocycles. The van der Waals surface area contributed by atoms with E-state index in [4.69, 9.17) is 10.2 Å². The van der Waals surface area contributed by atoms with E-state index >= 15 is 0 Å². The second kappa shape index (κ2) is 5.28. The van der Waals surface area contributed by atoms with Crippen LogP contribution in [0.25, 0.3) is 0 Å². The van der Waals surface area contributed by atoms with Crippen molar-refractivity contribution >= 4 is 9.76 Å². The number of hydrogen-bond donors (Lipinski definition) is 1. The highest BCUT2D eigenvalue weighted by Gasteiger charge is 1.95. The first kappa shape index (κ1) is 8.14. The van der Waals surface area contributed by atoms with Crippen LogP contribution in [-0.2, 0) is 4.43 Å². The van der Waals surface area contributed by atoms with E-state index in [-0.39, 0.29) is 0 Å². The lowest BCUT2D eigenvalue weighted by atomic mass is 10.3. The van der Waals surface area contributed by atoms with E-state index in [0.29, 0.717) is 22.0 Å². The van der Waals surface area contributed by atoms with Crippen molar-refractivity contribution < 1.29 is 4.43 Å². The van der Waals surface area contributed by atoms with Gasteiger partial charge in [-0.3, -0.25) is 0 Å². The Labute approximate surface area is 53.4 Å². The summed E-state index contributed by atoms with van der Waals surface area (Å²) in [6.07, 6.45) is 2.12. The molecule has 8 heavy (non-hydrogen) atoms. The first-order chi connectivity index (χ1) is 3.81. The fourth-order valence-corrected chi connectivity index (χ4v) is 0.821. The Morgan fingerprint density at radius 1 is 1.75 bits per heavy atom. The summed E-state index contributed by atoms with van der Waals surface area (Å²) < 4.78 is 5.24. The molecule has 0 aromatic rings. The summed E-state index contributed by atoms with van der Waals surface area (Å²) in [7, 11) is 0.480. The maximum atomic E-state index is 5.24. The van der Waals surface area contributed by atoms with Gasteiger partial charge in [0.1, 0.15) is 0 Å². The van der Waals surface area contributed by atoms with Crippen LogP contribution >= 0.6 is 0 Å². The minimum Gasteiger partial charge on any atom is -0.414 e. The van der Waals surface area contributed by atoms with Crippen molar-refractivity contribution in [2.75, 3.05) is 6.17 Å². The molecule has 0 aromatic heterocycles. The molecule has 0 bridgehead atoms.